The number of carbonyl (C=O) groups excluding carboxylic acids is 1. The van der Waals surface area contributed by atoms with Gasteiger partial charge in [-0.1, -0.05) is 0 Å². The lowest BCUT2D eigenvalue weighted by atomic mass is 9.91. The van der Waals surface area contributed by atoms with Gasteiger partial charge in [0.05, 0.1) is 13.2 Å². The number of rotatable bonds is 9. The SMILES string of the molecule is COCCOCC(=O)N(CCCO)C1CCC1. The van der Waals surface area contributed by atoms with Crippen LogP contribution < -0.4 is 0 Å². The molecule has 0 atom stereocenters. The minimum absolute atomic E-state index is 0.0271. The summed E-state index contributed by atoms with van der Waals surface area (Å²) >= 11 is 0. The van der Waals surface area contributed by atoms with E-state index in [-0.39, 0.29) is 19.1 Å². The van der Waals surface area contributed by atoms with E-state index in [1.807, 2.05) is 4.90 Å². The van der Waals surface area contributed by atoms with Crippen molar-refractivity contribution in [1.82, 2.24) is 4.90 Å². The van der Waals surface area contributed by atoms with Crippen molar-refractivity contribution < 1.29 is 19.4 Å². The van der Waals surface area contributed by atoms with E-state index in [2.05, 4.69) is 0 Å². The Labute approximate surface area is 103 Å². The van der Waals surface area contributed by atoms with Gasteiger partial charge in [0, 0.05) is 26.3 Å². The summed E-state index contributed by atoms with van der Waals surface area (Å²) < 4.78 is 10.1. The predicted molar refractivity (Wildman–Crippen MR) is 63.7 cm³/mol. The second kappa shape index (κ2) is 8.44. The Morgan fingerprint density at radius 1 is 1.41 bits per heavy atom. The minimum Gasteiger partial charge on any atom is -0.396 e. The quantitative estimate of drug-likeness (QED) is 0.598. The highest BCUT2D eigenvalue weighted by atomic mass is 16.5. The molecule has 0 radical (unpaired) electrons. The molecule has 0 aromatic rings. The van der Waals surface area contributed by atoms with E-state index in [1.165, 1.54) is 6.42 Å². The fourth-order valence-electron chi connectivity index (χ4n) is 1.83. The van der Waals surface area contributed by atoms with Crippen LogP contribution in [0.25, 0.3) is 0 Å². The molecule has 0 spiro atoms. The Bertz CT molecular complexity index is 219. The van der Waals surface area contributed by atoms with Gasteiger partial charge in [-0.15, -0.1) is 0 Å². The van der Waals surface area contributed by atoms with E-state index in [1.54, 1.807) is 7.11 Å². The first-order valence-corrected chi connectivity index (χ1v) is 6.26. The Morgan fingerprint density at radius 2 is 2.18 bits per heavy atom. The molecular formula is C12H23NO4. The third-order valence-corrected chi connectivity index (χ3v) is 3.05. The second-order valence-corrected chi connectivity index (χ2v) is 4.29. The number of nitrogens with zero attached hydrogens (tertiary/aromatic N) is 1. The molecule has 0 unspecified atom stereocenters. The standard InChI is InChI=1S/C12H23NO4/c1-16-8-9-17-10-12(15)13(6-3-7-14)11-4-2-5-11/h11,14H,2-10H2,1H3. The molecule has 0 aromatic carbocycles. The Hall–Kier alpha value is -0.650. The second-order valence-electron chi connectivity index (χ2n) is 4.29. The minimum atomic E-state index is 0.0271. The van der Waals surface area contributed by atoms with Crippen LogP contribution in [0.4, 0.5) is 0 Å². The van der Waals surface area contributed by atoms with Crippen LogP contribution in [-0.2, 0) is 14.3 Å². The van der Waals surface area contributed by atoms with Crippen LogP contribution in [0, 0.1) is 0 Å². The summed E-state index contributed by atoms with van der Waals surface area (Å²) in [5.41, 5.74) is 0. The molecule has 0 aliphatic heterocycles. The number of carbonyl (C=O) groups is 1. The molecule has 5 nitrogen and oxygen atoms in total. The first-order chi connectivity index (χ1) is 8.29. The van der Waals surface area contributed by atoms with Crippen LogP contribution in [0.2, 0.25) is 0 Å². The molecule has 1 aliphatic rings. The molecule has 0 saturated heterocycles. The highest BCUT2D eigenvalue weighted by Gasteiger charge is 2.28. The first-order valence-electron chi connectivity index (χ1n) is 6.26. The fourth-order valence-corrected chi connectivity index (χ4v) is 1.83. The van der Waals surface area contributed by atoms with Crippen molar-refractivity contribution >= 4 is 5.91 Å². The summed E-state index contributed by atoms with van der Waals surface area (Å²) in [5.74, 6) is 0.0271. The summed E-state index contributed by atoms with van der Waals surface area (Å²) in [7, 11) is 1.60. The van der Waals surface area contributed by atoms with Gasteiger partial charge in [0.15, 0.2) is 0 Å². The Balaban J connectivity index is 2.26. The summed E-state index contributed by atoms with van der Waals surface area (Å²) in [6.45, 7) is 1.83. The smallest absolute Gasteiger partial charge is 0.248 e. The van der Waals surface area contributed by atoms with Crippen molar-refractivity contribution in [2.24, 2.45) is 0 Å². The zero-order chi connectivity index (χ0) is 12.5. The Kier molecular flexibility index (Phi) is 7.16. The fraction of sp³-hybridized carbons (Fsp3) is 0.917. The number of ether oxygens (including phenoxy) is 2. The molecule has 100 valence electrons. The molecule has 1 amide bonds. The molecule has 1 fully saturated rings. The van der Waals surface area contributed by atoms with E-state index in [0.717, 1.165) is 12.8 Å². The maximum atomic E-state index is 11.9. The van der Waals surface area contributed by atoms with Crippen molar-refractivity contribution in [3.8, 4) is 0 Å². The maximum absolute atomic E-state index is 11.9. The zero-order valence-electron chi connectivity index (χ0n) is 10.6. The number of aliphatic hydroxyl groups is 1. The van der Waals surface area contributed by atoms with Gasteiger partial charge in [0.2, 0.25) is 5.91 Å². The van der Waals surface area contributed by atoms with E-state index in [9.17, 15) is 4.79 Å². The van der Waals surface area contributed by atoms with Gasteiger partial charge in [-0.05, 0) is 25.7 Å². The van der Waals surface area contributed by atoms with Crippen LogP contribution in [-0.4, -0.2) is 62.0 Å². The topological polar surface area (TPSA) is 59.0 Å². The molecule has 0 bridgehead atoms. The van der Waals surface area contributed by atoms with Gasteiger partial charge < -0.3 is 19.5 Å². The number of hydrogen-bond donors (Lipinski definition) is 1. The molecule has 0 aromatic heterocycles. The summed E-state index contributed by atoms with van der Waals surface area (Å²) in [6, 6.07) is 0.361. The molecule has 0 heterocycles. The monoisotopic (exact) mass is 245 g/mol. The lowest BCUT2D eigenvalue weighted by Crippen LogP contribution is -2.46. The summed E-state index contributed by atoms with van der Waals surface area (Å²) in [5, 5.41) is 8.83. The van der Waals surface area contributed by atoms with E-state index < -0.39 is 0 Å². The van der Waals surface area contributed by atoms with Crippen molar-refractivity contribution in [3.63, 3.8) is 0 Å². The van der Waals surface area contributed by atoms with Crippen LogP contribution >= 0.6 is 0 Å². The van der Waals surface area contributed by atoms with Crippen molar-refractivity contribution in [1.29, 1.82) is 0 Å². The average Bonchev–Trinajstić information content (AvgIpc) is 2.27. The zero-order valence-corrected chi connectivity index (χ0v) is 10.6. The van der Waals surface area contributed by atoms with Gasteiger partial charge in [0.1, 0.15) is 6.61 Å². The molecule has 1 aliphatic carbocycles. The number of amides is 1. The third kappa shape index (κ3) is 5.02. The lowest BCUT2D eigenvalue weighted by Gasteiger charge is -2.37. The molecule has 1 rings (SSSR count). The first kappa shape index (κ1) is 14.4. The number of methoxy groups -OCH3 is 1. The average molecular weight is 245 g/mol. The summed E-state index contributed by atoms with van der Waals surface area (Å²) in [6.07, 6.45) is 3.99. The normalized spacial score (nSPS) is 15.6. The van der Waals surface area contributed by atoms with Gasteiger partial charge in [0.25, 0.3) is 0 Å². The van der Waals surface area contributed by atoms with E-state index in [0.29, 0.717) is 32.2 Å². The lowest BCUT2D eigenvalue weighted by molar-refractivity contribution is -0.140. The van der Waals surface area contributed by atoms with Crippen LogP contribution in [0.1, 0.15) is 25.7 Å². The molecule has 1 N–H and O–H groups in total. The highest BCUT2D eigenvalue weighted by Crippen LogP contribution is 2.24. The highest BCUT2D eigenvalue weighted by molar-refractivity contribution is 5.77. The molecule has 17 heavy (non-hydrogen) atoms. The van der Waals surface area contributed by atoms with Crippen LogP contribution in [0.5, 0.6) is 0 Å². The molecular weight excluding hydrogens is 222 g/mol. The molecule has 1 saturated carbocycles. The third-order valence-electron chi connectivity index (χ3n) is 3.05. The molecule has 5 heteroatoms. The van der Waals surface area contributed by atoms with Gasteiger partial charge in [-0.2, -0.15) is 0 Å². The largest absolute Gasteiger partial charge is 0.396 e. The van der Waals surface area contributed by atoms with Crippen LogP contribution in [0.15, 0.2) is 0 Å². The van der Waals surface area contributed by atoms with Crippen molar-refractivity contribution in [3.05, 3.63) is 0 Å². The van der Waals surface area contributed by atoms with Gasteiger partial charge in [-0.3, -0.25) is 4.79 Å². The van der Waals surface area contributed by atoms with E-state index >= 15 is 0 Å². The summed E-state index contributed by atoms with van der Waals surface area (Å²) in [4.78, 5) is 13.8. The van der Waals surface area contributed by atoms with E-state index in [4.69, 9.17) is 14.6 Å². The van der Waals surface area contributed by atoms with Crippen molar-refractivity contribution in [2.75, 3.05) is 40.1 Å². The Morgan fingerprint density at radius 3 is 2.71 bits per heavy atom. The maximum Gasteiger partial charge on any atom is 0.248 e. The number of aliphatic hydroxyl groups excluding tert-OH is 1. The predicted octanol–water partition coefficient (Wildman–Crippen LogP) is 0.413. The van der Waals surface area contributed by atoms with Crippen molar-refractivity contribution in [2.45, 2.75) is 31.7 Å². The van der Waals surface area contributed by atoms with Crippen LogP contribution in [0.3, 0.4) is 0 Å². The number of hydrogen-bond acceptors (Lipinski definition) is 4. The van der Waals surface area contributed by atoms with Gasteiger partial charge >= 0.3 is 0 Å². The van der Waals surface area contributed by atoms with Gasteiger partial charge in [-0.25, -0.2) is 0 Å².